The van der Waals surface area contributed by atoms with Crippen molar-refractivity contribution in [1.82, 2.24) is 0 Å². The smallest absolute Gasteiger partial charge is 0.124 e. The molecular formula is C16H23BrO2. The standard InChI is InChI=1S/C16H23BrO2/c1-12-7-9-13(10-8-12)19-16(11-17)14-5-3-4-6-15(14)18-2/h3-6,12-13,16H,7-11H2,1-2H3. The second-order valence-electron chi connectivity index (χ2n) is 5.40. The third kappa shape index (κ3) is 3.96. The van der Waals surface area contributed by atoms with Crippen LogP contribution in [0, 0.1) is 5.92 Å². The van der Waals surface area contributed by atoms with Gasteiger partial charge in [0, 0.05) is 10.9 Å². The first kappa shape index (κ1) is 14.9. The number of ether oxygens (including phenoxy) is 2. The molecule has 0 aliphatic heterocycles. The van der Waals surface area contributed by atoms with E-state index in [1.165, 1.54) is 25.7 Å². The average Bonchev–Trinajstić information content (AvgIpc) is 2.46. The van der Waals surface area contributed by atoms with Crippen LogP contribution in [0.5, 0.6) is 5.75 Å². The van der Waals surface area contributed by atoms with Crippen molar-refractivity contribution in [2.45, 2.75) is 44.8 Å². The second-order valence-corrected chi connectivity index (χ2v) is 6.05. The fourth-order valence-corrected chi connectivity index (χ4v) is 3.22. The predicted octanol–water partition coefficient (Wildman–Crippen LogP) is 4.73. The number of halogens is 1. The Bertz CT molecular complexity index is 386. The van der Waals surface area contributed by atoms with Gasteiger partial charge in [0.25, 0.3) is 0 Å². The maximum Gasteiger partial charge on any atom is 0.124 e. The van der Waals surface area contributed by atoms with Gasteiger partial charge in [0.1, 0.15) is 5.75 Å². The molecule has 0 radical (unpaired) electrons. The van der Waals surface area contributed by atoms with Gasteiger partial charge in [0.05, 0.1) is 19.3 Å². The Labute approximate surface area is 124 Å². The Morgan fingerprint density at radius 2 is 1.89 bits per heavy atom. The first-order valence-corrected chi connectivity index (χ1v) is 8.21. The Kier molecular flexibility index (Phi) is 5.71. The Morgan fingerprint density at radius 1 is 1.21 bits per heavy atom. The van der Waals surface area contributed by atoms with Gasteiger partial charge >= 0.3 is 0 Å². The van der Waals surface area contributed by atoms with Gasteiger partial charge in [-0.25, -0.2) is 0 Å². The summed E-state index contributed by atoms with van der Waals surface area (Å²) in [6.45, 7) is 2.33. The molecule has 3 heteroatoms. The van der Waals surface area contributed by atoms with E-state index in [0.29, 0.717) is 6.10 Å². The van der Waals surface area contributed by atoms with Gasteiger partial charge < -0.3 is 9.47 Å². The van der Waals surface area contributed by atoms with Crippen LogP contribution in [0.4, 0.5) is 0 Å². The minimum absolute atomic E-state index is 0.0783. The first-order valence-electron chi connectivity index (χ1n) is 7.09. The van der Waals surface area contributed by atoms with Crippen LogP contribution < -0.4 is 4.74 Å². The first-order chi connectivity index (χ1) is 9.24. The molecule has 1 aromatic rings. The lowest BCUT2D eigenvalue weighted by atomic mass is 9.89. The maximum absolute atomic E-state index is 6.29. The minimum atomic E-state index is 0.0783. The van der Waals surface area contributed by atoms with Crippen molar-refractivity contribution in [1.29, 1.82) is 0 Å². The van der Waals surface area contributed by atoms with Crippen LogP contribution in [-0.4, -0.2) is 18.5 Å². The fourth-order valence-electron chi connectivity index (χ4n) is 2.72. The molecule has 0 amide bonds. The zero-order valence-corrected chi connectivity index (χ0v) is 13.4. The van der Waals surface area contributed by atoms with Gasteiger partial charge in [-0.2, -0.15) is 0 Å². The lowest BCUT2D eigenvalue weighted by molar-refractivity contribution is -0.0263. The van der Waals surface area contributed by atoms with Gasteiger partial charge in [-0.05, 0) is 37.7 Å². The number of para-hydroxylation sites is 1. The van der Waals surface area contributed by atoms with Crippen molar-refractivity contribution in [2.24, 2.45) is 5.92 Å². The van der Waals surface area contributed by atoms with Crippen LogP contribution in [0.15, 0.2) is 24.3 Å². The zero-order chi connectivity index (χ0) is 13.7. The van der Waals surface area contributed by atoms with Gasteiger partial charge in [-0.3, -0.25) is 0 Å². The number of alkyl halides is 1. The Morgan fingerprint density at radius 3 is 2.53 bits per heavy atom. The molecule has 19 heavy (non-hydrogen) atoms. The van der Waals surface area contributed by atoms with E-state index >= 15 is 0 Å². The summed E-state index contributed by atoms with van der Waals surface area (Å²) in [4.78, 5) is 0. The van der Waals surface area contributed by atoms with Crippen molar-refractivity contribution in [3.63, 3.8) is 0 Å². The molecule has 0 aromatic heterocycles. The van der Waals surface area contributed by atoms with Gasteiger partial charge in [0.2, 0.25) is 0 Å². The lowest BCUT2D eigenvalue weighted by Gasteiger charge is -2.30. The summed E-state index contributed by atoms with van der Waals surface area (Å²) in [6.07, 6.45) is 5.40. The van der Waals surface area contributed by atoms with Crippen LogP contribution in [-0.2, 0) is 4.74 Å². The maximum atomic E-state index is 6.29. The predicted molar refractivity (Wildman–Crippen MR) is 82.0 cm³/mol. The summed E-state index contributed by atoms with van der Waals surface area (Å²) >= 11 is 3.57. The molecule has 106 valence electrons. The molecule has 0 N–H and O–H groups in total. The van der Waals surface area contributed by atoms with Crippen LogP contribution >= 0.6 is 15.9 Å². The van der Waals surface area contributed by atoms with E-state index in [0.717, 1.165) is 22.6 Å². The third-order valence-electron chi connectivity index (χ3n) is 3.95. The Balaban J connectivity index is 2.03. The summed E-state index contributed by atoms with van der Waals surface area (Å²) in [5, 5.41) is 0.805. The van der Waals surface area contributed by atoms with Crippen LogP contribution in [0.1, 0.15) is 44.3 Å². The van der Waals surface area contributed by atoms with Crippen molar-refractivity contribution in [2.75, 3.05) is 12.4 Å². The molecule has 0 spiro atoms. The van der Waals surface area contributed by atoms with E-state index < -0.39 is 0 Å². The minimum Gasteiger partial charge on any atom is -0.496 e. The molecule has 1 atom stereocenters. The van der Waals surface area contributed by atoms with E-state index in [4.69, 9.17) is 9.47 Å². The van der Waals surface area contributed by atoms with Crippen molar-refractivity contribution in [3.05, 3.63) is 29.8 Å². The molecule has 1 saturated carbocycles. The molecule has 2 rings (SSSR count). The summed E-state index contributed by atoms with van der Waals surface area (Å²) in [6, 6.07) is 8.13. The molecule has 0 saturated heterocycles. The quantitative estimate of drug-likeness (QED) is 0.728. The highest BCUT2D eigenvalue weighted by Crippen LogP contribution is 2.34. The normalized spacial score (nSPS) is 25.0. The second kappa shape index (κ2) is 7.30. The lowest BCUT2D eigenvalue weighted by Crippen LogP contribution is -2.23. The van der Waals surface area contributed by atoms with Gasteiger partial charge in [-0.1, -0.05) is 41.1 Å². The topological polar surface area (TPSA) is 18.5 Å². The zero-order valence-electron chi connectivity index (χ0n) is 11.8. The number of methoxy groups -OCH3 is 1. The highest BCUT2D eigenvalue weighted by Gasteiger charge is 2.24. The van der Waals surface area contributed by atoms with E-state index in [-0.39, 0.29) is 6.10 Å². The molecule has 1 aliphatic rings. The third-order valence-corrected chi connectivity index (χ3v) is 4.53. The molecule has 2 nitrogen and oxygen atoms in total. The van der Waals surface area contributed by atoms with E-state index in [1.807, 2.05) is 18.2 Å². The Hall–Kier alpha value is -0.540. The monoisotopic (exact) mass is 326 g/mol. The highest BCUT2D eigenvalue weighted by molar-refractivity contribution is 9.09. The average molecular weight is 327 g/mol. The largest absolute Gasteiger partial charge is 0.496 e. The number of hydrogen-bond donors (Lipinski definition) is 0. The summed E-state index contributed by atoms with van der Waals surface area (Å²) in [7, 11) is 1.71. The molecule has 1 aromatic carbocycles. The molecular weight excluding hydrogens is 304 g/mol. The van der Waals surface area contributed by atoms with Crippen molar-refractivity contribution >= 4 is 15.9 Å². The summed E-state index contributed by atoms with van der Waals surface area (Å²) < 4.78 is 11.7. The molecule has 1 unspecified atom stereocenters. The van der Waals surface area contributed by atoms with E-state index in [1.54, 1.807) is 7.11 Å². The molecule has 0 bridgehead atoms. The van der Waals surface area contributed by atoms with Gasteiger partial charge in [-0.15, -0.1) is 0 Å². The molecule has 1 fully saturated rings. The van der Waals surface area contributed by atoms with E-state index in [9.17, 15) is 0 Å². The van der Waals surface area contributed by atoms with Gasteiger partial charge in [0.15, 0.2) is 0 Å². The highest BCUT2D eigenvalue weighted by atomic mass is 79.9. The fraction of sp³-hybridized carbons (Fsp3) is 0.625. The van der Waals surface area contributed by atoms with Crippen molar-refractivity contribution in [3.8, 4) is 5.75 Å². The number of hydrogen-bond acceptors (Lipinski definition) is 2. The SMILES string of the molecule is COc1ccccc1C(CBr)OC1CCC(C)CC1. The van der Waals surface area contributed by atoms with Crippen molar-refractivity contribution < 1.29 is 9.47 Å². The van der Waals surface area contributed by atoms with E-state index in [2.05, 4.69) is 28.9 Å². The summed E-state index contributed by atoms with van der Waals surface area (Å²) in [5.41, 5.74) is 1.14. The molecule has 1 aliphatic carbocycles. The number of rotatable bonds is 5. The summed E-state index contributed by atoms with van der Waals surface area (Å²) in [5.74, 6) is 1.77. The van der Waals surface area contributed by atoms with Crippen LogP contribution in [0.2, 0.25) is 0 Å². The molecule has 0 heterocycles. The van der Waals surface area contributed by atoms with Crippen LogP contribution in [0.25, 0.3) is 0 Å². The van der Waals surface area contributed by atoms with Crippen LogP contribution in [0.3, 0.4) is 0 Å². The number of benzene rings is 1.